The first-order valence-electron chi connectivity index (χ1n) is 10.8. The Bertz CT molecular complexity index is 1350. The van der Waals surface area contributed by atoms with Crippen LogP contribution in [0.2, 0.25) is 0 Å². The fraction of sp³-hybridized carbons (Fsp3) is 0.250. The minimum absolute atomic E-state index is 0.0419. The number of ether oxygens (including phenoxy) is 3. The molecular formula is C24H23F3N6O3. The SMILES string of the molecule is COc1cc2nc(C)nc(NCc3cc(C(F)(F)F)cc(N)n3)c2cc1OCCOc1ccccn1. The lowest BCUT2D eigenvalue weighted by Crippen LogP contribution is -2.12. The number of hydrogen-bond acceptors (Lipinski definition) is 9. The van der Waals surface area contributed by atoms with Gasteiger partial charge in [0.05, 0.1) is 30.4 Å². The Kier molecular flexibility index (Phi) is 7.23. The molecule has 4 rings (SSSR count). The molecule has 9 nitrogen and oxygen atoms in total. The summed E-state index contributed by atoms with van der Waals surface area (Å²) in [6.45, 7) is 2.12. The predicted molar refractivity (Wildman–Crippen MR) is 127 cm³/mol. The number of aryl methyl sites for hydroxylation is 1. The van der Waals surface area contributed by atoms with Crippen LogP contribution in [0.5, 0.6) is 17.4 Å². The highest BCUT2D eigenvalue weighted by molar-refractivity contribution is 5.91. The van der Waals surface area contributed by atoms with Crippen LogP contribution in [0.4, 0.5) is 24.8 Å². The average molecular weight is 500 g/mol. The minimum atomic E-state index is -4.53. The number of aromatic nitrogens is 4. The molecular weight excluding hydrogens is 477 g/mol. The lowest BCUT2D eigenvalue weighted by molar-refractivity contribution is -0.137. The fourth-order valence-electron chi connectivity index (χ4n) is 3.43. The second-order valence-electron chi connectivity index (χ2n) is 7.63. The Labute approximate surface area is 204 Å². The van der Waals surface area contributed by atoms with Gasteiger partial charge in [-0.25, -0.2) is 19.9 Å². The van der Waals surface area contributed by atoms with Gasteiger partial charge in [-0.1, -0.05) is 6.07 Å². The van der Waals surface area contributed by atoms with Crippen LogP contribution < -0.4 is 25.3 Å². The molecule has 0 aliphatic carbocycles. The van der Waals surface area contributed by atoms with Crippen molar-refractivity contribution in [1.82, 2.24) is 19.9 Å². The van der Waals surface area contributed by atoms with Gasteiger partial charge < -0.3 is 25.3 Å². The normalized spacial score (nSPS) is 11.4. The van der Waals surface area contributed by atoms with Gasteiger partial charge in [-0.3, -0.25) is 0 Å². The largest absolute Gasteiger partial charge is 0.493 e. The third-order valence-electron chi connectivity index (χ3n) is 4.98. The number of anilines is 2. The van der Waals surface area contributed by atoms with Crippen molar-refractivity contribution in [3.63, 3.8) is 0 Å². The zero-order chi connectivity index (χ0) is 25.7. The smallest absolute Gasteiger partial charge is 0.416 e. The topological polar surface area (TPSA) is 117 Å². The molecule has 188 valence electrons. The summed E-state index contributed by atoms with van der Waals surface area (Å²) >= 11 is 0. The first-order valence-corrected chi connectivity index (χ1v) is 10.8. The molecule has 12 heteroatoms. The third-order valence-corrected chi connectivity index (χ3v) is 4.98. The molecule has 0 aliphatic rings. The number of nitrogens with two attached hydrogens (primary N) is 1. The van der Waals surface area contributed by atoms with Gasteiger partial charge in [-0.15, -0.1) is 0 Å². The van der Waals surface area contributed by atoms with E-state index in [0.29, 0.717) is 39.9 Å². The van der Waals surface area contributed by atoms with Crippen molar-refractivity contribution in [2.45, 2.75) is 19.6 Å². The van der Waals surface area contributed by atoms with Crippen LogP contribution in [0.25, 0.3) is 10.9 Å². The highest BCUT2D eigenvalue weighted by Crippen LogP contribution is 2.35. The summed E-state index contributed by atoms with van der Waals surface area (Å²) in [6, 6.07) is 10.5. The second kappa shape index (κ2) is 10.5. The molecule has 0 bridgehead atoms. The van der Waals surface area contributed by atoms with Gasteiger partial charge in [0, 0.05) is 23.7 Å². The quantitative estimate of drug-likeness (QED) is 0.322. The second-order valence-corrected chi connectivity index (χ2v) is 7.63. The van der Waals surface area contributed by atoms with Gasteiger partial charge in [-0.2, -0.15) is 13.2 Å². The molecule has 3 N–H and O–H groups in total. The summed E-state index contributed by atoms with van der Waals surface area (Å²) in [5, 5.41) is 3.62. The van der Waals surface area contributed by atoms with Crippen molar-refractivity contribution in [3.8, 4) is 17.4 Å². The maximum absolute atomic E-state index is 13.1. The summed E-state index contributed by atoms with van der Waals surface area (Å²) < 4.78 is 56.3. The number of fused-ring (bicyclic) bond motifs is 1. The van der Waals surface area contributed by atoms with Gasteiger partial charge in [0.1, 0.15) is 30.7 Å². The zero-order valence-corrected chi connectivity index (χ0v) is 19.5. The Morgan fingerprint density at radius 2 is 1.78 bits per heavy atom. The van der Waals surface area contributed by atoms with Gasteiger partial charge in [-0.05, 0) is 31.2 Å². The number of alkyl halides is 3. The van der Waals surface area contributed by atoms with Gasteiger partial charge >= 0.3 is 6.18 Å². The molecule has 3 heterocycles. The number of halogens is 3. The maximum atomic E-state index is 13.1. The molecule has 1 aromatic carbocycles. The van der Waals surface area contributed by atoms with Crippen molar-refractivity contribution in [2.24, 2.45) is 0 Å². The Hall–Kier alpha value is -4.35. The highest BCUT2D eigenvalue weighted by atomic mass is 19.4. The van der Waals surface area contributed by atoms with Crippen LogP contribution in [0, 0.1) is 6.92 Å². The summed E-state index contributed by atoms with van der Waals surface area (Å²) in [6.07, 6.45) is -2.91. The van der Waals surface area contributed by atoms with Gasteiger partial charge in [0.2, 0.25) is 5.88 Å². The van der Waals surface area contributed by atoms with E-state index in [4.69, 9.17) is 19.9 Å². The van der Waals surface area contributed by atoms with E-state index >= 15 is 0 Å². The van der Waals surface area contributed by atoms with Crippen molar-refractivity contribution in [1.29, 1.82) is 0 Å². The number of nitrogens with zero attached hydrogens (tertiary/aromatic N) is 4. The average Bonchev–Trinajstić information content (AvgIpc) is 2.84. The predicted octanol–water partition coefficient (Wildman–Crippen LogP) is 4.41. The van der Waals surface area contributed by atoms with Crippen molar-refractivity contribution < 1.29 is 27.4 Å². The lowest BCUT2D eigenvalue weighted by atomic mass is 10.2. The molecule has 0 unspecified atom stereocenters. The number of methoxy groups -OCH3 is 1. The van der Waals surface area contributed by atoms with Crippen molar-refractivity contribution in [2.75, 3.05) is 31.4 Å². The summed E-state index contributed by atoms with van der Waals surface area (Å²) in [7, 11) is 1.51. The number of nitrogen functional groups attached to an aromatic ring is 1. The van der Waals surface area contributed by atoms with E-state index in [9.17, 15) is 13.2 Å². The van der Waals surface area contributed by atoms with Gasteiger partial charge in [0.25, 0.3) is 0 Å². The molecule has 3 aromatic heterocycles. The van der Waals surface area contributed by atoms with Crippen LogP contribution in [-0.4, -0.2) is 40.3 Å². The molecule has 0 aliphatic heterocycles. The molecule has 0 radical (unpaired) electrons. The Morgan fingerprint density at radius 1 is 0.972 bits per heavy atom. The van der Waals surface area contributed by atoms with E-state index in [1.165, 1.54) is 7.11 Å². The van der Waals surface area contributed by atoms with Crippen LogP contribution in [-0.2, 0) is 12.7 Å². The summed E-state index contributed by atoms with van der Waals surface area (Å²) in [5.74, 6) is 1.99. The monoisotopic (exact) mass is 500 g/mol. The van der Waals surface area contributed by atoms with Crippen LogP contribution in [0.3, 0.4) is 0 Å². The molecule has 0 saturated carbocycles. The number of rotatable bonds is 9. The highest BCUT2D eigenvalue weighted by Gasteiger charge is 2.31. The first kappa shape index (κ1) is 24.8. The van der Waals surface area contributed by atoms with E-state index < -0.39 is 11.7 Å². The van der Waals surface area contributed by atoms with E-state index in [2.05, 4.69) is 25.3 Å². The summed E-state index contributed by atoms with van der Waals surface area (Å²) in [4.78, 5) is 16.9. The molecule has 0 fully saturated rings. The van der Waals surface area contributed by atoms with E-state index in [0.717, 1.165) is 12.1 Å². The Balaban J connectivity index is 1.55. The van der Waals surface area contributed by atoms with E-state index in [-0.39, 0.29) is 31.3 Å². The van der Waals surface area contributed by atoms with Gasteiger partial charge in [0.15, 0.2) is 11.5 Å². The summed E-state index contributed by atoms with van der Waals surface area (Å²) in [5.41, 5.74) is 5.39. The fourth-order valence-corrected chi connectivity index (χ4v) is 3.43. The number of benzene rings is 1. The van der Waals surface area contributed by atoms with Crippen LogP contribution >= 0.6 is 0 Å². The third kappa shape index (κ3) is 6.01. The zero-order valence-electron chi connectivity index (χ0n) is 19.5. The maximum Gasteiger partial charge on any atom is 0.416 e. The van der Waals surface area contributed by atoms with E-state index in [1.807, 2.05) is 6.07 Å². The first-order chi connectivity index (χ1) is 17.2. The van der Waals surface area contributed by atoms with Crippen LogP contribution in [0.1, 0.15) is 17.1 Å². The molecule has 36 heavy (non-hydrogen) atoms. The lowest BCUT2D eigenvalue weighted by Gasteiger charge is -2.15. The standard InChI is InChI=1S/C24H23F3N6O3/c1-14-31-18-12-19(34-2)20(35-7-8-36-22-5-3-4-6-29-22)11-17(18)23(32-14)30-13-16-9-15(24(25,26)27)10-21(28)33-16/h3-6,9-12H,7-8,13H2,1-2H3,(H2,28,33)(H,30,31,32). The molecule has 0 spiro atoms. The molecule has 4 aromatic rings. The Morgan fingerprint density at radius 3 is 2.50 bits per heavy atom. The molecule has 0 atom stereocenters. The number of pyridine rings is 2. The number of hydrogen-bond donors (Lipinski definition) is 2. The minimum Gasteiger partial charge on any atom is -0.493 e. The molecule has 0 amide bonds. The number of nitrogens with one attached hydrogen (secondary N) is 1. The van der Waals surface area contributed by atoms with Crippen molar-refractivity contribution in [3.05, 3.63) is 65.7 Å². The van der Waals surface area contributed by atoms with Crippen molar-refractivity contribution >= 4 is 22.5 Å². The van der Waals surface area contributed by atoms with Crippen LogP contribution in [0.15, 0.2) is 48.7 Å². The molecule has 0 saturated heterocycles. The van der Waals surface area contributed by atoms with E-state index in [1.54, 1.807) is 37.4 Å².